The lowest BCUT2D eigenvalue weighted by atomic mass is 10.0. The van der Waals surface area contributed by atoms with Crippen LogP contribution in [0.1, 0.15) is 25.0 Å². The maximum absolute atomic E-state index is 12.1. The van der Waals surface area contributed by atoms with E-state index in [-0.39, 0.29) is 12.6 Å². The van der Waals surface area contributed by atoms with Crippen LogP contribution in [0, 0.1) is 0 Å². The Bertz CT molecular complexity index is 624. The predicted octanol–water partition coefficient (Wildman–Crippen LogP) is 3.17. The van der Waals surface area contributed by atoms with Gasteiger partial charge in [0.2, 0.25) is 0 Å². The van der Waals surface area contributed by atoms with E-state index in [9.17, 15) is 9.90 Å². The lowest BCUT2D eigenvalue weighted by Crippen LogP contribution is -2.48. The first-order valence-corrected chi connectivity index (χ1v) is 7.32. The summed E-state index contributed by atoms with van der Waals surface area (Å²) in [4.78, 5) is 12.1. The number of nitrogens with one attached hydrogen (secondary N) is 2. The van der Waals surface area contributed by atoms with Crippen LogP contribution < -0.4 is 10.6 Å². The maximum Gasteiger partial charge on any atom is 0.319 e. The Labute approximate surface area is 131 Å². The molecule has 0 unspecified atom stereocenters. The molecule has 4 nitrogen and oxygen atoms in total. The molecular weight excluding hydrogens is 276 g/mol. The van der Waals surface area contributed by atoms with Crippen molar-refractivity contribution in [3.05, 3.63) is 65.7 Å². The summed E-state index contributed by atoms with van der Waals surface area (Å²) in [5.41, 5.74) is 2.36. The van der Waals surface area contributed by atoms with Gasteiger partial charge in [0.1, 0.15) is 0 Å². The van der Waals surface area contributed by atoms with Crippen LogP contribution in [-0.4, -0.2) is 23.3 Å². The lowest BCUT2D eigenvalue weighted by Gasteiger charge is -2.24. The van der Waals surface area contributed by atoms with E-state index < -0.39 is 5.54 Å². The van der Waals surface area contributed by atoms with E-state index >= 15 is 0 Å². The molecule has 116 valence electrons. The van der Waals surface area contributed by atoms with E-state index in [2.05, 4.69) is 22.8 Å². The quantitative estimate of drug-likeness (QED) is 0.794. The first kappa shape index (κ1) is 16.0. The summed E-state index contributed by atoms with van der Waals surface area (Å²) < 4.78 is 0. The molecule has 0 fully saturated rings. The molecule has 0 saturated carbocycles. The zero-order chi connectivity index (χ0) is 16.0. The fourth-order valence-electron chi connectivity index (χ4n) is 2.11. The van der Waals surface area contributed by atoms with E-state index in [0.29, 0.717) is 0 Å². The van der Waals surface area contributed by atoms with Crippen molar-refractivity contribution in [2.45, 2.75) is 25.8 Å². The van der Waals surface area contributed by atoms with Crippen LogP contribution >= 0.6 is 0 Å². The van der Waals surface area contributed by atoms with E-state index in [0.717, 1.165) is 17.7 Å². The fraction of sp³-hybridized carbons (Fsp3) is 0.278. The third-order valence-electron chi connectivity index (χ3n) is 3.35. The van der Waals surface area contributed by atoms with Crippen molar-refractivity contribution in [1.82, 2.24) is 5.32 Å². The lowest BCUT2D eigenvalue weighted by molar-refractivity contribution is 0.187. The molecule has 2 aromatic carbocycles. The molecule has 4 heteroatoms. The minimum Gasteiger partial charge on any atom is -0.394 e. The Kier molecular flexibility index (Phi) is 5.17. The average molecular weight is 298 g/mol. The highest BCUT2D eigenvalue weighted by molar-refractivity contribution is 5.90. The van der Waals surface area contributed by atoms with Gasteiger partial charge in [0.05, 0.1) is 12.1 Å². The fourth-order valence-corrected chi connectivity index (χ4v) is 2.11. The number of aliphatic hydroxyl groups excluding tert-OH is 1. The van der Waals surface area contributed by atoms with Crippen LogP contribution in [0.2, 0.25) is 0 Å². The summed E-state index contributed by atoms with van der Waals surface area (Å²) in [6, 6.07) is 17.5. The van der Waals surface area contributed by atoms with Gasteiger partial charge in [0.25, 0.3) is 0 Å². The molecule has 2 amide bonds. The molecule has 0 saturated heterocycles. The maximum atomic E-state index is 12.1. The highest BCUT2D eigenvalue weighted by Crippen LogP contribution is 2.19. The number of urea groups is 1. The number of aliphatic hydroxyl groups is 1. The van der Waals surface area contributed by atoms with Gasteiger partial charge in [0, 0.05) is 5.69 Å². The van der Waals surface area contributed by atoms with Crippen LogP contribution in [0.25, 0.3) is 0 Å². The summed E-state index contributed by atoms with van der Waals surface area (Å²) >= 11 is 0. The first-order valence-electron chi connectivity index (χ1n) is 7.32. The minimum atomic E-state index is -0.654. The van der Waals surface area contributed by atoms with Crippen molar-refractivity contribution >= 4 is 11.7 Å². The average Bonchev–Trinajstić information content (AvgIpc) is 2.50. The molecule has 2 aromatic rings. The van der Waals surface area contributed by atoms with E-state index in [1.807, 2.05) is 42.5 Å². The highest BCUT2D eigenvalue weighted by atomic mass is 16.3. The molecular formula is C18H22N2O2. The second-order valence-corrected chi connectivity index (χ2v) is 5.94. The molecule has 0 spiro atoms. The molecule has 0 heterocycles. The summed E-state index contributed by atoms with van der Waals surface area (Å²) in [6.07, 6.45) is 0.751. The second-order valence-electron chi connectivity index (χ2n) is 5.94. The number of carbonyl (C=O) groups is 1. The van der Waals surface area contributed by atoms with Gasteiger partial charge in [-0.25, -0.2) is 4.79 Å². The molecule has 22 heavy (non-hydrogen) atoms. The zero-order valence-electron chi connectivity index (χ0n) is 13.0. The Hall–Kier alpha value is -2.33. The molecule has 3 N–H and O–H groups in total. The Morgan fingerprint density at radius 2 is 1.68 bits per heavy atom. The molecule has 0 aliphatic carbocycles. The third-order valence-corrected chi connectivity index (χ3v) is 3.35. The SMILES string of the molecule is CC(C)(CO)NC(=O)Nc1ccccc1Cc1ccccc1. The molecule has 0 radical (unpaired) electrons. The van der Waals surface area contributed by atoms with Gasteiger partial charge in [0.15, 0.2) is 0 Å². The smallest absolute Gasteiger partial charge is 0.319 e. The first-order chi connectivity index (χ1) is 10.5. The molecule has 0 aliphatic heterocycles. The van der Waals surface area contributed by atoms with Crippen molar-refractivity contribution in [2.75, 3.05) is 11.9 Å². The van der Waals surface area contributed by atoms with Crippen molar-refractivity contribution < 1.29 is 9.90 Å². The van der Waals surface area contributed by atoms with Crippen molar-refractivity contribution in [1.29, 1.82) is 0 Å². The van der Waals surface area contributed by atoms with Crippen LogP contribution in [0.4, 0.5) is 10.5 Å². The predicted molar refractivity (Wildman–Crippen MR) is 89.0 cm³/mol. The number of anilines is 1. The Morgan fingerprint density at radius 3 is 2.36 bits per heavy atom. The number of hydrogen-bond donors (Lipinski definition) is 3. The Balaban J connectivity index is 2.10. The summed E-state index contributed by atoms with van der Waals surface area (Å²) in [5.74, 6) is 0. The van der Waals surface area contributed by atoms with Gasteiger partial charge >= 0.3 is 6.03 Å². The second kappa shape index (κ2) is 7.09. The van der Waals surface area contributed by atoms with Crippen molar-refractivity contribution in [3.63, 3.8) is 0 Å². The number of para-hydroxylation sites is 1. The zero-order valence-corrected chi connectivity index (χ0v) is 13.0. The topological polar surface area (TPSA) is 61.4 Å². The van der Waals surface area contributed by atoms with Crippen molar-refractivity contribution in [2.24, 2.45) is 0 Å². The van der Waals surface area contributed by atoms with Crippen molar-refractivity contribution in [3.8, 4) is 0 Å². The van der Waals surface area contributed by atoms with Crippen LogP contribution in [-0.2, 0) is 6.42 Å². The van der Waals surface area contributed by atoms with E-state index in [1.54, 1.807) is 13.8 Å². The highest BCUT2D eigenvalue weighted by Gasteiger charge is 2.19. The third kappa shape index (κ3) is 4.60. The van der Waals surface area contributed by atoms with Gasteiger partial charge < -0.3 is 15.7 Å². The van der Waals surface area contributed by atoms with Gasteiger partial charge in [-0.05, 0) is 37.5 Å². The molecule has 2 rings (SSSR count). The van der Waals surface area contributed by atoms with Gasteiger partial charge in [-0.15, -0.1) is 0 Å². The number of carbonyl (C=O) groups excluding carboxylic acids is 1. The number of rotatable bonds is 5. The number of amides is 2. The van der Waals surface area contributed by atoms with Gasteiger partial charge in [-0.3, -0.25) is 0 Å². The molecule has 0 aliphatic rings. The largest absolute Gasteiger partial charge is 0.394 e. The van der Waals surface area contributed by atoms with Gasteiger partial charge in [-0.2, -0.15) is 0 Å². The molecule has 0 atom stereocenters. The molecule has 0 bridgehead atoms. The minimum absolute atomic E-state index is 0.119. The monoisotopic (exact) mass is 298 g/mol. The van der Waals surface area contributed by atoms with Crippen LogP contribution in [0.15, 0.2) is 54.6 Å². The van der Waals surface area contributed by atoms with E-state index in [4.69, 9.17) is 0 Å². The van der Waals surface area contributed by atoms with Crippen LogP contribution in [0.3, 0.4) is 0 Å². The Morgan fingerprint density at radius 1 is 1.05 bits per heavy atom. The van der Waals surface area contributed by atoms with Crippen LogP contribution in [0.5, 0.6) is 0 Å². The molecule has 0 aromatic heterocycles. The summed E-state index contributed by atoms with van der Waals surface area (Å²) in [5, 5.41) is 14.8. The summed E-state index contributed by atoms with van der Waals surface area (Å²) in [6.45, 7) is 3.41. The number of hydrogen-bond acceptors (Lipinski definition) is 2. The number of benzene rings is 2. The van der Waals surface area contributed by atoms with Gasteiger partial charge in [-0.1, -0.05) is 48.5 Å². The standard InChI is InChI=1S/C18H22N2O2/c1-18(2,13-21)20-17(22)19-16-11-7-6-10-15(16)12-14-8-4-3-5-9-14/h3-11,21H,12-13H2,1-2H3,(H2,19,20,22). The normalized spacial score (nSPS) is 11.0. The summed E-state index contributed by atoms with van der Waals surface area (Å²) in [7, 11) is 0. The van der Waals surface area contributed by atoms with E-state index in [1.165, 1.54) is 5.56 Å².